The fraction of sp³-hybridized carbons (Fsp3) is 0.500. The minimum Gasteiger partial charge on any atom is -0.358 e. The van der Waals surface area contributed by atoms with Crippen LogP contribution in [0.3, 0.4) is 0 Å². The molecule has 4 aliphatic carbocycles. The molecule has 108 valence electrons. The number of rotatable bonds is 0. The summed E-state index contributed by atoms with van der Waals surface area (Å²) >= 11 is 0. The quantitative estimate of drug-likeness (QED) is 0.618. The number of aromatic amines is 1. The SMILES string of the molecule is C1=C[C@H]2CC[C@@H]1C1(CCCCC1)c1c2[nH]c2ccccc12. The molecule has 6 rings (SSSR count). The lowest BCUT2D eigenvalue weighted by atomic mass is 9.61. The molecule has 1 saturated carbocycles. The fourth-order valence-corrected chi connectivity index (χ4v) is 5.49. The Morgan fingerprint density at radius 1 is 0.952 bits per heavy atom. The smallest absolute Gasteiger partial charge is 0.0459 e. The van der Waals surface area contributed by atoms with Crippen LogP contribution in [-0.2, 0) is 5.41 Å². The van der Waals surface area contributed by atoms with Gasteiger partial charge in [0.2, 0.25) is 0 Å². The maximum atomic E-state index is 3.80. The number of nitrogens with one attached hydrogen (secondary N) is 1. The third kappa shape index (κ3) is 1.52. The Balaban J connectivity index is 1.85. The van der Waals surface area contributed by atoms with Crippen molar-refractivity contribution in [1.82, 2.24) is 4.98 Å². The molecule has 0 aliphatic heterocycles. The average Bonchev–Trinajstić information content (AvgIpc) is 2.86. The number of para-hydroxylation sites is 1. The molecule has 1 nitrogen and oxygen atoms in total. The molecule has 0 unspecified atom stereocenters. The van der Waals surface area contributed by atoms with Crippen LogP contribution in [0, 0.1) is 5.92 Å². The van der Waals surface area contributed by atoms with Gasteiger partial charge >= 0.3 is 0 Å². The third-order valence-corrected chi connectivity index (χ3v) is 6.42. The summed E-state index contributed by atoms with van der Waals surface area (Å²) in [7, 11) is 0. The Morgan fingerprint density at radius 3 is 2.62 bits per heavy atom. The molecule has 1 aromatic carbocycles. The molecule has 1 N–H and O–H groups in total. The highest BCUT2D eigenvalue weighted by Crippen LogP contribution is 2.56. The summed E-state index contributed by atoms with van der Waals surface area (Å²) in [4.78, 5) is 3.80. The molecule has 1 heterocycles. The third-order valence-electron chi connectivity index (χ3n) is 6.42. The van der Waals surface area contributed by atoms with Gasteiger partial charge in [-0.2, -0.15) is 0 Å². The Bertz CT molecular complexity index is 715. The summed E-state index contributed by atoms with van der Waals surface area (Å²) in [5.74, 6) is 1.40. The lowest BCUT2D eigenvalue weighted by Gasteiger charge is -2.42. The van der Waals surface area contributed by atoms with Crippen molar-refractivity contribution in [3.8, 4) is 0 Å². The number of H-pyrrole nitrogens is 1. The molecule has 2 bridgehead atoms. The minimum absolute atomic E-state index is 0.426. The summed E-state index contributed by atoms with van der Waals surface area (Å²) in [6.45, 7) is 0. The van der Waals surface area contributed by atoms with E-state index in [1.807, 2.05) is 0 Å². The van der Waals surface area contributed by atoms with Crippen molar-refractivity contribution in [2.24, 2.45) is 5.92 Å². The van der Waals surface area contributed by atoms with Gasteiger partial charge in [0.05, 0.1) is 0 Å². The lowest BCUT2D eigenvalue weighted by molar-refractivity contribution is 0.216. The fourth-order valence-electron chi connectivity index (χ4n) is 5.49. The molecule has 0 radical (unpaired) electrons. The van der Waals surface area contributed by atoms with E-state index >= 15 is 0 Å². The maximum Gasteiger partial charge on any atom is 0.0459 e. The standard InChI is InChI=1S/C20H23N/c1-4-12-20(13-5-1)15-10-8-14(9-11-15)19-18(20)16-6-2-3-7-17(16)21-19/h2-3,6-8,10,14-15,21H,1,4-5,9,11-13H2/t14-,15+/m0/s1. The molecule has 1 aromatic heterocycles. The zero-order valence-corrected chi connectivity index (χ0v) is 12.6. The number of benzene rings is 1. The van der Waals surface area contributed by atoms with Crippen molar-refractivity contribution in [2.45, 2.75) is 56.3 Å². The van der Waals surface area contributed by atoms with E-state index < -0.39 is 0 Å². The number of fused-ring (bicyclic) bond motifs is 2. The molecule has 1 heteroatoms. The second-order valence-corrected chi connectivity index (χ2v) is 7.35. The van der Waals surface area contributed by atoms with Crippen LogP contribution in [0.5, 0.6) is 0 Å². The summed E-state index contributed by atoms with van der Waals surface area (Å²) in [6, 6.07) is 9.00. The van der Waals surface area contributed by atoms with E-state index in [9.17, 15) is 0 Å². The van der Waals surface area contributed by atoms with Crippen LogP contribution in [0.4, 0.5) is 0 Å². The highest BCUT2D eigenvalue weighted by atomic mass is 14.8. The van der Waals surface area contributed by atoms with Gasteiger partial charge in [0.25, 0.3) is 0 Å². The minimum atomic E-state index is 0.426. The first kappa shape index (κ1) is 12.1. The predicted octanol–water partition coefficient (Wildman–Crippen LogP) is 5.43. The maximum absolute atomic E-state index is 3.80. The van der Waals surface area contributed by atoms with Crippen molar-refractivity contribution in [1.29, 1.82) is 0 Å². The predicted molar refractivity (Wildman–Crippen MR) is 87.7 cm³/mol. The summed E-state index contributed by atoms with van der Waals surface area (Å²) in [5, 5.41) is 1.51. The van der Waals surface area contributed by atoms with Gasteiger partial charge in [-0.25, -0.2) is 0 Å². The highest BCUT2D eigenvalue weighted by Gasteiger charge is 2.47. The number of aromatic nitrogens is 1. The summed E-state index contributed by atoms with van der Waals surface area (Å²) in [5.41, 5.74) is 5.03. The van der Waals surface area contributed by atoms with Crippen LogP contribution in [-0.4, -0.2) is 4.98 Å². The number of hydrogen-bond donors (Lipinski definition) is 1. The van der Waals surface area contributed by atoms with Crippen LogP contribution in [0.25, 0.3) is 10.9 Å². The monoisotopic (exact) mass is 277 g/mol. The van der Waals surface area contributed by atoms with Crippen molar-refractivity contribution < 1.29 is 0 Å². The molecule has 21 heavy (non-hydrogen) atoms. The largest absolute Gasteiger partial charge is 0.358 e. The van der Waals surface area contributed by atoms with E-state index in [0.717, 1.165) is 5.92 Å². The molecule has 2 aromatic rings. The summed E-state index contributed by atoms with van der Waals surface area (Å²) < 4.78 is 0. The average molecular weight is 277 g/mol. The van der Waals surface area contributed by atoms with Gasteiger partial charge in [0, 0.05) is 27.9 Å². The second kappa shape index (κ2) is 4.25. The van der Waals surface area contributed by atoms with Crippen molar-refractivity contribution in [3.05, 3.63) is 47.7 Å². The van der Waals surface area contributed by atoms with Crippen LogP contribution in [0.1, 0.15) is 62.1 Å². The van der Waals surface area contributed by atoms with Crippen molar-refractivity contribution in [2.75, 3.05) is 0 Å². The zero-order chi connectivity index (χ0) is 13.9. The topological polar surface area (TPSA) is 15.8 Å². The van der Waals surface area contributed by atoms with E-state index in [0.29, 0.717) is 11.3 Å². The van der Waals surface area contributed by atoms with Crippen LogP contribution >= 0.6 is 0 Å². The Hall–Kier alpha value is -1.50. The van der Waals surface area contributed by atoms with Gasteiger partial charge in [-0.3, -0.25) is 0 Å². The van der Waals surface area contributed by atoms with Crippen LogP contribution in [0.15, 0.2) is 36.4 Å². The molecule has 2 atom stereocenters. The van der Waals surface area contributed by atoms with Crippen molar-refractivity contribution in [3.63, 3.8) is 0 Å². The molecule has 0 saturated heterocycles. The number of hydrogen-bond acceptors (Lipinski definition) is 0. The Morgan fingerprint density at radius 2 is 1.81 bits per heavy atom. The molecule has 1 fully saturated rings. The van der Waals surface area contributed by atoms with E-state index in [1.54, 1.807) is 11.3 Å². The molecular formula is C20H23N. The van der Waals surface area contributed by atoms with Gasteiger partial charge < -0.3 is 4.98 Å². The Labute approximate surface area is 126 Å². The van der Waals surface area contributed by atoms with E-state index in [-0.39, 0.29) is 0 Å². The molecule has 4 aliphatic rings. The van der Waals surface area contributed by atoms with E-state index in [1.165, 1.54) is 55.8 Å². The van der Waals surface area contributed by atoms with Crippen LogP contribution < -0.4 is 0 Å². The van der Waals surface area contributed by atoms with Gasteiger partial charge in [-0.15, -0.1) is 0 Å². The zero-order valence-electron chi connectivity index (χ0n) is 12.6. The first-order chi connectivity index (χ1) is 10.4. The first-order valence-electron chi connectivity index (χ1n) is 8.68. The summed E-state index contributed by atoms with van der Waals surface area (Å²) in [6.07, 6.45) is 14.8. The van der Waals surface area contributed by atoms with Crippen LogP contribution in [0.2, 0.25) is 0 Å². The van der Waals surface area contributed by atoms with E-state index in [4.69, 9.17) is 0 Å². The van der Waals surface area contributed by atoms with E-state index in [2.05, 4.69) is 41.4 Å². The first-order valence-corrected chi connectivity index (χ1v) is 8.68. The molecular weight excluding hydrogens is 254 g/mol. The van der Waals surface area contributed by atoms with Gasteiger partial charge in [-0.1, -0.05) is 49.6 Å². The normalized spacial score (nSPS) is 29.7. The van der Waals surface area contributed by atoms with Crippen molar-refractivity contribution >= 4 is 10.9 Å². The Kier molecular flexibility index (Phi) is 2.45. The highest BCUT2D eigenvalue weighted by molar-refractivity contribution is 5.86. The second-order valence-electron chi connectivity index (χ2n) is 7.35. The lowest BCUT2D eigenvalue weighted by Crippen LogP contribution is -2.36. The number of allylic oxidation sites excluding steroid dienone is 2. The van der Waals surface area contributed by atoms with Gasteiger partial charge in [-0.05, 0) is 43.2 Å². The van der Waals surface area contributed by atoms with Gasteiger partial charge in [0.1, 0.15) is 0 Å². The molecule has 0 amide bonds. The molecule has 1 spiro atoms. The van der Waals surface area contributed by atoms with Gasteiger partial charge in [0.15, 0.2) is 0 Å².